The third-order valence-corrected chi connectivity index (χ3v) is 3.14. The van der Waals surface area contributed by atoms with Crippen LogP contribution in [0.4, 0.5) is 4.39 Å². The number of carbonyl (C=O) groups is 2. The van der Waals surface area contributed by atoms with E-state index in [1.807, 2.05) is 19.1 Å². The fourth-order valence-electron chi connectivity index (χ4n) is 1.90. The first-order valence-electron chi connectivity index (χ1n) is 5.96. The summed E-state index contributed by atoms with van der Waals surface area (Å²) in [5.74, 6) is -1.89. The summed E-state index contributed by atoms with van der Waals surface area (Å²) in [5.41, 5.74) is 0.791. The van der Waals surface area contributed by atoms with Gasteiger partial charge in [-0.15, -0.1) is 0 Å². The maximum atomic E-state index is 12.5. The van der Waals surface area contributed by atoms with Gasteiger partial charge in [0.15, 0.2) is 6.04 Å². The number of alkyl halides is 1. The highest BCUT2D eigenvalue weighted by molar-refractivity contribution is 5.91. The lowest BCUT2D eigenvalue weighted by atomic mass is 9.81. The Morgan fingerprint density at radius 1 is 1.37 bits per heavy atom. The van der Waals surface area contributed by atoms with Gasteiger partial charge in [-0.2, -0.15) is 0 Å². The number of aliphatic carboxylic acids is 1. The second kappa shape index (κ2) is 5.82. The minimum atomic E-state index is -1.50. The van der Waals surface area contributed by atoms with Gasteiger partial charge in [-0.25, -0.2) is 9.18 Å². The van der Waals surface area contributed by atoms with Crippen molar-refractivity contribution in [3.63, 3.8) is 0 Å². The van der Waals surface area contributed by atoms with Gasteiger partial charge in [0.1, 0.15) is 6.67 Å². The van der Waals surface area contributed by atoms with Crippen molar-refractivity contribution in [3.8, 4) is 0 Å². The van der Waals surface area contributed by atoms with E-state index in [1.54, 1.807) is 26.0 Å². The summed E-state index contributed by atoms with van der Waals surface area (Å²) in [6.07, 6.45) is 0. The Morgan fingerprint density at radius 2 is 1.95 bits per heavy atom. The predicted molar refractivity (Wildman–Crippen MR) is 69.7 cm³/mol. The predicted octanol–water partition coefficient (Wildman–Crippen LogP) is 1.81. The minimum Gasteiger partial charge on any atom is -0.480 e. The van der Waals surface area contributed by atoms with Crippen molar-refractivity contribution < 1.29 is 19.1 Å². The van der Waals surface area contributed by atoms with Gasteiger partial charge in [-0.05, 0) is 31.9 Å². The first-order chi connectivity index (χ1) is 8.80. The van der Waals surface area contributed by atoms with E-state index < -0.39 is 30.0 Å². The molecule has 0 aliphatic rings. The molecule has 5 heteroatoms. The number of amides is 1. The van der Waals surface area contributed by atoms with E-state index >= 15 is 0 Å². The molecule has 1 aromatic carbocycles. The number of carboxylic acid groups (broad SMARTS) is 1. The standard InChI is InChI=1S/C14H18FNO3/c1-9-6-4-5-7-10(9)14(2,3)13(19)16-11(8-15)12(17)18/h4-7,11H,8H2,1-3H3,(H,16,19)(H,17,18). The average molecular weight is 267 g/mol. The molecule has 1 aromatic rings. The Morgan fingerprint density at radius 3 is 2.42 bits per heavy atom. The van der Waals surface area contributed by atoms with Crippen LogP contribution in [0.1, 0.15) is 25.0 Å². The van der Waals surface area contributed by atoms with Crippen LogP contribution in [0.5, 0.6) is 0 Å². The van der Waals surface area contributed by atoms with E-state index in [-0.39, 0.29) is 0 Å². The van der Waals surface area contributed by atoms with E-state index in [2.05, 4.69) is 5.32 Å². The van der Waals surface area contributed by atoms with Crippen LogP contribution in [0.15, 0.2) is 24.3 Å². The average Bonchev–Trinajstić information content (AvgIpc) is 2.35. The van der Waals surface area contributed by atoms with E-state index in [9.17, 15) is 14.0 Å². The molecule has 0 fully saturated rings. The van der Waals surface area contributed by atoms with Crippen LogP contribution in [0.3, 0.4) is 0 Å². The third-order valence-electron chi connectivity index (χ3n) is 3.14. The number of rotatable bonds is 5. The SMILES string of the molecule is Cc1ccccc1C(C)(C)C(=O)NC(CF)C(=O)O. The number of aryl methyl sites for hydroxylation is 1. The van der Waals surface area contributed by atoms with Gasteiger partial charge in [0.2, 0.25) is 5.91 Å². The second-order valence-corrected chi connectivity index (χ2v) is 4.96. The van der Waals surface area contributed by atoms with Crippen LogP contribution in [0, 0.1) is 6.92 Å². The van der Waals surface area contributed by atoms with Crippen LogP contribution in [0.2, 0.25) is 0 Å². The summed E-state index contributed by atoms with van der Waals surface area (Å²) in [4.78, 5) is 22.9. The van der Waals surface area contributed by atoms with Gasteiger partial charge >= 0.3 is 5.97 Å². The number of carbonyl (C=O) groups excluding carboxylic acids is 1. The Hall–Kier alpha value is -1.91. The lowest BCUT2D eigenvalue weighted by Gasteiger charge is -2.27. The molecule has 0 bridgehead atoms. The molecule has 0 radical (unpaired) electrons. The fourth-order valence-corrected chi connectivity index (χ4v) is 1.90. The molecular formula is C14H18FNO3. The van der Waals surface area contributed by atoms with Gasteiger partial charge in [-0.1, -0.05) is 24.3 Å². The highest BCUT2D eigenvalue weighted by Crippen LogP contribution is 2.26. The lowest BCUT2D eigenvalue weighted by Crippen LogP contribution is -2.49. The van der Waals surface area contributed by atoms with Crippen molar-refractivity contribution in [2.45, 2.75) is 32.2 Å². The van der Waals surface area contributed by atoms with E-state index in [4.69, 9.17) is 5.11 Å². The Balaban J connectivity index is 2.97. The number of carboxylic acids is 1. The van der Waals surface area contributed by atoms with E-state index in [0.717, 1.165) is 11.1 Å². The number of hydrogen-bond donors (Lipinski definition) is 2. The van der Waals surface area contributed by atoms with Gasteiger partial charge in [-0.3, -0.25) is 4.79 Å². The highest BCUT2D eigenvalue weighted by Gasteiger charge is 2.33. The van der Waals surface area contributed by atoms with Crippen LogP contribution in [-0.2, 0) is 15.0 Å². The van der Waals surface area contributed by atoms with Gasteiger partial charge in [0.05, 0.1) is 5.41 Å². The first kappa shape index (κ1) is 15.1. The van der Waals surface area contributed by atoms with Crippen molar-refractivity contribution in [3.05, 3.63) is 35.4 Å². The van der Waals surface area contributed by atoms with Gasteiger partial charge in [0.25, 0.3) is 0 Å². The zero-order valence-corrected chi connectivity index (χ0v) is 11.2. The molecule has 0 aliphatic heterocycles. The van der Waals surface area contributed by atoms with Crippen LogP contribution < -0.4 is 5.32 Å². The molecule has 2 N–H and O–H groups in total. The maximum Gasteiger partial charge on any atom is 0.328 e. The normalized spacial score (nSPS) is 12.8. The zero-order chi connectivity index (χ0) is 14.6. The fraction of sp³-hybridized carbons (Fsp3) is 0.429. The van der Waals surface area contributed by atoms with Crippen LogP contribution >= 0.6 is 0 Å². The molecule has 1 unspecified atom stereocenters. The summed E-state index contributed by atoms with van der Waals surface area (Å²) in [7, 11) is 0. The molecule has 0 aromatic heterocycles. The number of halogens is 1. The Labute approximate surface area is 111 Å². The molecule has 0 saturated carbocycles. The largest absolute Gasteiger partial charge is 0.480 e. The molecule has 19 heavy (non-hydrogen) atoms. The van der Waals surface area contributed by atoms with Crippen LogP contribution in [0.25, 0.3) is 0 Å². The highest BCUT2D eigenvalue weighted by atomic mass is 19.1. The second-order valence-electron chi connectivity index (χ2n) is 4.96. The summed E-state index contributed by atoms with van der Waals surface area (Å²) < 4.78 is 12.5. The monoisotopic (exact) mass is 267 g/mol. The number of benzene rings is 1. The molecule has 1 amide bonds. The molecule has 0 spiro atoms. The molecular weight excluding hydrogens is 249 g/mol. The molecule has 104 valence electrons. The Bertz CT molecular complexity index is 485. The molecule has 1 atom stereocenters. The topological polar surface area (TPSA) is 66.4 Å². The van der Waals surface area contributed by atoms with Crippen molar-refractivity contribution in [2.24, 2.45) is 0 Å². The zero-order valence-electron chi connectivity index (χ0n) is 11.2. The van der Waals surface area contributed by atoms with Gasteiger partial charge < -0.3 is 10.4 Å². The first-order valence-corrected chi connectivity index (χ1v) is 5.96. The van der Waals surface area contributed by atoms with Gasteiger partial charge in [0, 0.05) is 0 Å². The molecule has 4 nitrogen and oxygen atoms in total. The molecule has 0 heterocycles. The van der Waals surface area contributed by atoms with E-state index in [1.165, 1.54) is 0 Å². The van der Waals surface area contributed by atoms with Crippen molar-refractivity contribution in [1.29, 1.82) is 0 Å². The third kappa shape index (κ3) is 3.30. The molecule has 0 saturated heterocycles. The van der Waals surface area contributed by atoms with Crippen molar-refractivity contribution >= 4 is 11.9 Å². The lowest BCUT2D eigenvalue weighted by molar-refractivity contribution is -0.143. The van der Waals surface area contributed by atoms with Crippen molar-refractivity contribution in [1.82, 2.24) is 5.32 Å². The number of nitrogens with one attached hydrogen (secondary N) is 1. The quantitative estimate of drug-likeness (QED) is 0.855. The maximum absolute atomic E-state index is 12.5. The van der Waals surface area contributed by atoms with E-state index in [0.29, 0.717) is 0 Å². The number of hydrogen-bond acceptors (Lipinski definition) is 2. The Kier molecular flexibility index (Phi) is 4.64. The summed E-state index contributed by atoms with van der Waals surface area (Å²) in [6, 6.07) is 5.83. The van der Waals surface area contributed by atoms with Crippen molar-refractivity contribution in [2.75, 3.05) is 6.67 Å². The summed E-state index contributed by atoms with van der Waals surface area (Å²) in [6.45, 7) is 4.10. The minimum absolute atomic E-state index is 0.508. The molecule has 1 rings (SSSR count). The van der Waals surface area contributed by atoms with Crippen LogP contribution in [-0.4, -0.2) is 29.7 Å². The molecule has 0 aliphatic carbocycles. The smallest absolute Gasteiger partial charge is 0.328 e. The summed E-state index contributed by atoms with van der Waals surface area (Å²) in [5, 5.41) is 11.0. The summed E-state index contributed by atoms with van der Waals surface area (Å²) >= 11 is 0.